The third kappa shape index (κ3) is 2.81. The van der Waals surface area contributed by atoms with Gasteiger partial charge in [-0.2, -0.15) is 5.26 Å². The van der Waals surface area contributed by atoms with E-state index < -0.39 is 11.8 Å². The highest BCUT2D eigenvalue weighted by atomic mass is 32.1. The summed E-state index contributed by atoms with van der Waals surface area (Å²) in [6, 6.07) is 5.69. The van der Waals surface area contributed by atoms with Gasteiger partial charge in [-0.25, -0.2) is 4.98 Å². The van der Waals surface area contributed by atoms with E-state index in [-0.39, 0.29) is 12.1 Å². The maximum absolute atomic E-state index is 12.7. The second kappa shape index (κ2) is 6.61. The van der Waals surface area contributed by atoms with Crippen molar-refractivity contribution in [3.8, 4) is 16.0 Å². The zero-order valence-corrected chi connectivity index (χ0v) is 16.1. The Morgan fingerprint density at radius 3 is 2.78 bits per heavy atom. The number of thiophene rings is 1. The van der Waals surface area contributed by atoms with Gasteiger partial charge in [-0.15, -0.1) is 22.7 Å². The normalized spacial score (nSPS) is 16.6. The molecular formula is C19H13N3O3S2. The molecule has 4 heterocycles. The monoisotopic (exact) mass is 395 g/mol. The lowest BCUT2D eigenvalue weighted by Crippen LogP contribution is -2.42. The van der Waals surface area contributed by atoms with Crippen LogP contribution in [0.1, 0.15) is 19.6 Å². The van der Waals surface area contributed by atoms with Crippen LogP contribution in [0.15, 0.2) is 44.8 Å². The average molecular weight is 395 g/mol. The highest BCUT2D eigenvalue weighted by Crippen LogP contribution is 2.37. The van der Waals surface area contributed by atoms with Crippen molar-refractivity contribution in [3.05, 3.63) is 46.2 Å². The molecule has 3 aromatic rings. The van der Waals surface area contributed by atoms with Gasteiger partial charge in [0.15, 0.2) is 0 Å². The smallest absolute Gasteiger partial charge is 0.271 e. The number of nitrogens with zero attached hydrogens (tertiary/aromatic N) is 3. The van der Waals surface area contributed by atoms with Crippen LogP contribution in [0.2, 0.25) is 0 Å². The number of fused-ring (bicyclic) bond motifs is 1. The first kappa shape index (κ1) is 17.4. The zero-order valence-electron chi connectivity index (χ0n) is 14.5. The molecular weight excluding hydrogens is 382 g/mol. The van der Waals surface area contributed by atoms with Gasteiger partial charge < -0.3 is 4.42 Å². The largest absolute Gasteiger partial charge is 0.456 e. The average Bonchev–Trinajstić information content (AvgIpc) is 3.35. The van der Waals surface area contributed by atoms with Crippen LogP contribution in [0.5, 0.6) is 0 Å². The summed E-state index contributed by atoms with van der Waals surface area (Å²) in [6.07, 6.45) is 3.36. The summed E-state index contributed by atoms with van der Waals surface area (Å²) >= 11 is 3.12. The molecule has 0 spiro atoms. The Kier molecular flexibility index (Phi) is 4.26. The maximum atomic E-state index is 12.7. The molecule has 27 heavy (non-hydrogen) atoms. The summed E-state index contributed by atoms with van der Waals surface area (Å²) in [7, 11) is 0. The summed E-state index contributed by atoms with van der Waals surface area (Å²) in [5.41, 5.74) is 1.38. The molecule has 0 saturated heterocycles. The topological polar surface area (TPSA) is 87.2 Å². The van der Waals surface area contributed by atoms with Crippen molar-refractivity contribution < 1.29 is 14.0 Å². The number of imide groups is 1. The van der Waals surface area contributed by atoms with Crippen LogP contribution < -0.4 is 0 Å². The first-order valence-corrected chi connectivity index (χ1v) is 9.85. The van der Waals surface area contributed by atoms with Crippen LogP contribution in [0.4, 0.5) is 0 Å². The van der Waals surface area contributed by atoms with Crippen LogP contribution in [0.3, 0.4) is 0 Å². The van der Waals surface area contributed by atoms with Gasteiger partial charge in [0.25, 0.3) is 11.8 Å². The van der Waals surface area contributed by atoms with E-state index in [0.29, 0.717) is 22.5 Å². The second-order valence-electron chi connectivity index (χ2n) is 5.85. The Labute approximate surface area is 162 Å². The van der Waals surface area contributed by atoms with E-state index in [4.69, 9.17) is 4.42 Å². The van der Waals surface area contributed by atoms with E-state index in [0.717, 1.165) is 19.5 Å². The van der Waals surface area contributed by atoms with Crippen molar-refractivity contribution in [3.63, 3.8) is 0 Å². The Morgan fingerprint density at radius 2 is 2.15 bits per heavy atom. The molecule has 0 fully saturated rings. The standard InChI is InChI=1S/C19H13N3O3S2/c1-3-22-18(23)12(10(2)13(9-20)19(22)24)6-11-7-15-14(25-11)8-16(27-15)17-21-4-5-26-17/h4-8H,3H2,1-2H3/b12-6-. The maximum Gasteiger partial charge on any atom is 0.271 e. The first-order valence-electron chi connectivity index (χ1n) is 8.16. The Hall–Kier alpha value is -3.02. The van der Waals surface area contributed by atoms with Crippen LogP contribution in [-0.2, 0) is 9.59 Å². The summed E-state index contributed by atoms with van der Waals surface area (Å²) in [5, 5.41) is 12.2. The van der Waals surface area contributed by atoms with Gasteiger partial charge >= 0.3 is 0 Å². The van der Waals surface area contributed by atoms with Gasteiger partial charge in [0.2, 0.25) is 0 Å². The highest BCUT2D eigenvalue weighted by Gasteiger charge is 2.34. The van der Waals surface area contributed by atoms with Crippen molar-refractivity contribution in [1.29, 1.82) is 5.26 Å². The predicted octanol–water partition coefficient (Wildman–Crippen LogP) is 4.23. The number of aromatic nitrogens is 1. The Morgan fingerprint density at radius 1 is 1.33 bits per heavy atom. The fraction of sp³-hybridized carbons (Fsp3) is 0.158. The quantitative estimate of drug-likeness (QED) is 0.489. The summed E-state index contributed by atoms with van der Waals surface area (Å²) in [6.45, 7) is 3.52. The molecule has 0 saturated carbocycles. The van der Waals surface area contributed by atoms with Gasteiger partial charge in [0, 0.05) is 35.8 Å². The van der Waals surface area contributed by atoms with Crippen LogP contribution in [0.25, 0.3) is 26.2 Å². The van der Waals surface area contributed by atoms with E-state index in [9.17, 15) is 14.9 Å². The number of rotatable bonds is 3. The molecule has 0 unspecified atom stereocenters. The number of carbonyl (C=O) groups excluding carboxylic acids is 2. The second-order valence-corrected chi connectivity index (χ2v) is 7.83. The molecule has 0 aliphatic carbocycles. The molecule has 6 nitrogen and oxygen atoms in total. The zero-order chi connectivity index (χ0) is 19.1. The third-order valence-corrected chi connectivity index (χ3v) is 6.30. The summed E-state index contributed by atoms with van der Waals surface area (Å²) in [4.78, 5) is 31.3. The van der Waals surface area contributed by atoms with E-state index in [1.807, 2.05) is 23.6 Å². The van der Waals surface area contributed by atoms with Crippen LogP contribution >= 0.6 is 22.7 Å². The lowest BCUT2D eigenvalue weighted by molar-refractivity contribution is -0.140. The molecule has 1 aliphatic heterocycles. The number of likely N-dealkylation sites (N-methyl/N-ethyl adjacent to an activating group) is 1. The fourth-order valence-corrected chi connectivity index (χ4v) is 4.67. The molecule has 0 radical (unpaired) electrons. The molecule has 134 valence electrons. The number of hydrogen-bond donors (Lipinski definition) is 0. The van der Waals surface area contributed by atoms with E-state index >= 15 is 0 Å². The van der Waals surface area contributed by atoms with Crippen LogP contribution in [0, 0.1) is 11.3 Å². The van der Waals surface area contributed by atoms with Crippen molar-refractivity contribution >= 4 is 50.8 Å². The Bertz CT molecular complexity index is 1140. The van der Waals surface area contributed by atoms with Crippen molar-refractivity contribution in [2.24, 2.45) is 0 Å². The molecule has 0 aromatic carbocycles. The molecule has 0 N–H and O–H groups in total. The number of hydrogen-bond acceptors (Lipinski definition) is 7. The third-order valence-electron chi connectivity index (χ3n) is 4.30. The molecule has 2 amide bonds. The predicted molar refractivity (Wildman–Crippen MR) is 104 cm³/mol. The molecule has 4 rings (SSSR count). The number of nitriles is 1. The van der Waals surface area contributed by atoms with Gasteiger partial charge in [-0.3, -0.25) is 14.5 Å². The minimum Gasteiger partial charge on any atom is -0.456 e. The van der Waals surface area contributed by atoms with Crippen molar-refractivity contribution in [2.45, 2.75) is 13.8 Å². The SMILES string of the molecule is CCN1C(=O)C(C#N)=C(C)/C(=C/c2cc3sc(-c4nccs4)cc3o2)C1=O. The minimum absolute atomic E-state index is 0.0119. The number of thiazole rings is 1. The Balaban J connectivity index is 1.77. The van der Waals surface area contributed by atoms with Gasteiger partial charge in [-0.05, 0) is 25.5 Å². The lowest BCUT2D eigenvalue weighted by atomic mass is 9.95. The van der Waals surface area contributed by atoms with Gasteiger partial charge in [-0.1, -0.05) is 0 Å². The van der Waals surface area contributed by atoms with Crippen molar-refractivity contribution in [2.75, 3.05) is 6.54 Å². The van der Waals surface area contributed by atoms with E-state index in [1.54, 1.807) is 48.8 Å². The summed E-state index contributed by atoms with van der Waals surface area (Å²) < 4.78 is 6.81. The molecule has 8 heteroatoms. The van der Waals surface area contributed by atoms with Gasteiger partial charge in [0.1, 0.15) is 28.0 Å². The summed E-state index contributed by atoms with van der Waals surface area (Å²) in [5.74, 6) is -0.456. The van der Waals surface area contributed by atoms with Gasteiger partial charge in [0.05, 0.1) is 9.58 Å². The van der Waals surface area contributed by atoms with E-state index in [2.05, 4.69) is 4.98 Å². The number of furan rings is 1. The molecule has 1 aliphatic rings. The number of carbonyl (C=O) groups is 2. The fourth-order valence-electron chi connectivity index (χ4n) is 2.94. The molecule has 0 atom stereocenters. The van der Waals surface area contributed by atoms with Crippen LogP contribution in [-0.4, -0.2) is 28.2 Å². The highest BCUT2D eigenvalue weighted by molar-refractivity contribution is 7.25. The minimum atomic E-state index is -0.548. The first-order chi connectivity index (χ1) is 13.0. The lowest BCUT2D eigenvalue weighted by Gasteiger charge is -2.25. The molecule has 3 aromatic heterocycles. The van der Waals surface area contributed by atoms with E-state index in [1.165, 1.54) is 0 Å². The molecule has 0 bridgehead atoms. The number of amides is 2. The van der Waals surface area contributed by atoms with Crippen molar-refractivity contribution in [1.82, 2.24) is 9.88 Å².